The fourth-order valence-electron chi connectivity index (χ4n) is 1.57. The molecule has 0 unspecified atom stereocenters. The van der Waals surface area contributed by atoms with Crippen molar-refractivity contribution in [2.45, 2.75) is 25.7 Å². The van der Waals surface area contributed by atoms with Gasteiger partial charge < -0.3 is 11.1 Å². The summed E-state index contributed by atoms with van der Waals surface area (Å²) in [4.78, 5) is 17.2. The van der Waals surface area contributed by atoms with E-state index >= 15 is 0 Å². The number of amides is 1. The fourth-order valence-corrected chi connectivity index (χ4v) is 2.76. The lowest BCUT2D eigenvalue weighted by atomic mass is 10.4. The first-order valence-electron chi connectivity index (χ1n) is 4.72. The number of carbonyl (C=O) groups is 1. The Kier molecular flexibility index (Phi) is 2.97. The van der Waals surface area contributed by atoms with Crippen molar-refractivity contribution < 1.29 is 4.79 Å². The Hall–Kier alpha value is -1.01. The van der Waals surface area contributed by atoms with Crippen LogP contribution < -0.4 is 11.1 Å². The summed E-state index contributed by atoms with van der Waals surface area (Å²) < 4.78 is 0. The van der Waals surface area contributed by atoms with Gasteiger partial charge in [-0.05, 0) is 19.3 Å². The Morgan fingerprint density at radius 3 is 3.07 bits per heavy atom. The molecule has 0 fully saturated rings. The van der Waals surface area contributed by atoms with Gasteiger partial charge in [0.25, 0.3) is 0 Å². The zero-order chi connectivity index (χ0) is 10.8. The van der Waals surface area contributed by atoms with Gasteiger partial charge in [0.2, 0.25) is 5.91 Å². The highest BCUT2D eigenvalue weighted by molar-refractivity contribution is 7.80. The van der Waals surface area contributed by atoms with Crippen molar-refractivity contribution in [3.63, 3.8) is 0 Å². The van der Waals surface area contributed by atoms with E-state index in [-0.39, 0.29) is 17.3 Å². The van der Waals surface area contributed by atoms with E-state index in [1.807, 2.05) is 0 Å². The summed E-state index contributed by atoms with van der Waals surface area (Å²) in [6, 6.07) is 0. The largest absolute Gasteiger partial charge is 0.393 e. The molecule has 1 aromatic heterocycles. The van der Waals surface area contributed by atoms with E-state index in [2.05, 4.69) is 22.5 Å². The lowest BCUT2D eigenvalue weighted by Gasteiger charge is -1.99. The van der Waals surface area contributed by atoms with Gasteiger partial charge in [0, 0.05) is 4.88 Å². The van der Waals surface area contributed by atoms with Crippen LogP contribution in [0.2, 0.25) is 0 Å². The Balaban J connectivity index is 1.99. The minimum Gasteiger partial charge on any atom is -0.393 e. The first kappa shape index (κ1) is 10.5. The van der Waals surface area contributed by atoms with Crippen molar-refractivity contribution in [1.82, 2.24) is 4.98 Å². The summed E-state index contributed by atoms with van der Waals surface area (Å²) in [5.74, 6) is -0.185. The molecule has 3 N–H and O–H groups in total. The number of thiocarbonyl (C=S) groups is 1. The molecular weight excluding hydrogens is 230 g/mol. The summed E-state index contributed by atoms with van der Waals surface area (Å²) in [5.41, 5.74) is 6.40. The number of aromatic nitrogens is 1. The molecule has 1 amide bonds. The molecule has 6 heteroatoms. The van der Waals surface area contributed by atoms with Crippen LogP contribution in [0.15, 0.2) is 0 Å². The van der Waals surface area contributed by atoms with E-state index in [1.165, 1.54) is 11.3 Å². The van der Waals surface area contributed by atoms with Crippen molar-refractivity contribution in [3.05, 3.63) is 10.6 Å². The third-order valence-corrected chi connectivity index (χ3v) is 3.39. The van der Waals surface area contributed by atoms with Crippen molar-refractivity contribution in [1.29, 1.82) is 0 Å². The van der Waals surface area contributed by atoms with Gasteiger partial charge in [-0.15, -0.1) is 11.3 Å². The van der Waals surface area contributed by atoms with E-state index in [4.69, 9.17) is 5.73 Å². The summed E-state index contributed by atoms with van der Waals surface area (Å²) in [6.07, 6.45) is 3.37. The van der Waals surface area contributed by atoms with Crippen LogP contribution in [0.4, 0.5) is 5.13 Å². The quantitative estimate of drug-likeness (QED) is 0.781. The maximum atomic E-state index is 11.3. The highest BCUT2D eigenvalue weighted by atomic mass is 32.1. The zero-order valence-electron chi connectivity index (χ0n) is 8.08. The molecule has 0 bridgehead atoms. The van der Waals surface area contributed by atoms with Crippen LogP contribution in [0, 0.1) is 0 Å². The predicted molar refractivity (Wildman–Crippen MR) is 64.2 cm³/mol. The summed E-state index contributed by atoms with van der Waals surface area (Å²) in [6.45, 7) is 0. The Morgan fingerprint density at radius 2 is 2.40 bits per heavy atom. The number of nitrogens with two attached hydrogens (primary N) is 1. The van der Waals surface area contributed by atoms with Crippen LogP contribution in [0.25, 0.3) is 0 Å². The number of carbonyl (C=O) groups excluding carboxylic acids is 1. The van der Waals surface area contributed by atoms with Gasteiger partial charge in [0.05, 0.1) is 17.1 Å². The molecule has 1 aromatic rings. The van der Waals surface area contributed by atoms with Crippen molar-refractivity contribution in [2.75, 3.05) is 5.32 Å². The van der Waals surface area contributed by atoms with Gasteiger partial charge in [-0.3, -0.25) is 4.79 Å². The van der Waals surface area contributed by atoms with Crippen LogP contribution in [0.1, 0.15) is 23.4 Å². The number of hydrogen-bond donors (Lipinski definition) is 2. The number of nitrogens with one attached hydrogen (secondary N) is 1. The molecule has 15 heavy (non-hydrogen) atoms. The number of thiazole rings is 1. The minimum atomic E-state index is -0.185. The van der Waals surface area contributed by atoms with Crippen LogP contribution in [0.3, 0.4) is 0 Å². The predicted octanol–water partition coefficient (Wildman–Crippen LogP) is 1.25. The Bertz CT molecular complexity index is 392. The lowest BCUT2D eigenvalue weighted by molar-refractivity contribution is -0.115. The average molecular weight is 241 g/mol. The molecule has 0 radical (unpaired) electrons. The molecule has 0 aromatic carbocycles. The topological polar surface area (TPSA) is 68.0 Å². The molecule has 1 aliphatic carbocycles. The van der Waals surface area contributed by atoms with Crippen LogP contribution >= 0.6 is 23.6 Å². The Labute approximate surface area is 96.9 Å². The number of aryl methyl sites for hydroxylation is 2. The van der Waals surface area contributed by atoms with Gasteiger partial charge in [-0.2, -0.15) is 0 Å². The molecule has 4 nitrogen and oxygen atoms in total. The molecule has 1 aliphatic rings. The molecular formula is C9H11N3OS2. The normalized spacial score (nSPS) is 13.6. The SMILES string of the molecule is NC(=S)CC(=O)Nc1nc2c(s1)CCC2. The lowest BCUT2D eigenvalue weighted by Crippen LogP contribution is -2.20. The molecule has 80 valence electrons. The molecule has 0 saturated heterocycles. The first-order chi connectivity index (χ1) is 7.15. The van der Waals surface area contributed by atoms with E-state index in [1.54, 1.807) is 11.3 Å². The third-order valence-electron chi connectivity index (χ3n) is 2.18. The van der Waals surface area contributed by atoms with E-state index in [9.17, 15) is 4.79 Å². The van der Waals surface area contributed by atoms with E-state index < -0.39 is 0 Å². The van der Waals surface area contributed by atoms with Crippen molar-refractivity contribution in [3.8, 4) is 0 Å². The third kappa shape index (κ3) is 2.51. The summed E-state index contributed by atoms with van der Waals surface area (Å²) in [5, 5.41) is 3.37. The number of hydrogen-bond acceptors (Lipinski definition) is 4. The fraction of sp³-hybridized carbons (Fsp3) is 0.444. The minimum absolute atomic E-state index is 0.0829. The van der Waals surface area contributed by atoms with Crippen LogP contribution in [-0.2, 0) is 17.6 Å². The summed E-state index contributed by atoms with van der Waals surface area (Å²) >= 11 is 6.20. The molecule has 0 saturated carbocycles. The molecule has 0 spiro atoms. The standard InChI is InChI=1S/C9H11N3OS2/c10-7(14)4-8(13)12-9-11-5-2-1-3-6(5)15-9/h1-4H2,(H2,10,14)(H,11,12,13). The molecule has 0 atom stereocenters. The molecule has 2 rings (SSSR count). The highest BCUT2D eigenvalue weighted by Crippen LogP contribution is 2.30. The molecule has 1 heterocycles. The van der Waals surface area contributed by atoms with Gasteiger partial charge in [0.15, 0.2) is 5.13 Å². The van der Waals surface area contributed by atoms with Gasteiger partial charge in [0.1, 0.15) is 0 Å². The Morgan fingerprint density at radius 1 is 1.60 bits per heavy atom. The number of rotatable bonds is 3. The second kappa shape index (κ2) is 4.24. The number of nitrogens with zero attached hydrogens (tertiary/aromatic N) is 1. The van der Waals surface area contributed by atoms with Gasteiger partial charge in [-0.1, -0.05) is 12.2 Å². The highest BCUT2D eigenvalue weighted by Gasteiger charge is 2.17. The smallest absolute Gasteiger partial charge is 0.232 e. The van der Waals surface area contributed by atoms with Crippen LogP contribution in [-0.4, -0.2) is 15.9 Å². The van der Waals surface area contributed by atoms with Crippen molar-refractivity contribution in [2.24, 2.45) is 5.73 Å². The van der Waals surface area contributed by atoms with E-state index in [0.29, 0.717) is 5.13 Å². The van der Waals surface area contributed by atoms with Gasteiger partial charge in [-0.25, -0.2) is 4.98 Å². The van der Waals surface area contributed by atoms with Crippen molar-refractivity contribution >= 4 is 39.6 Å². The maximum absolute atomic E-state index is 11.3. The summed E-state index contributed by atoms with van der Waals surface area (Å²) in [7, 11) is 0. The average Bonchev–Trinajstić information content (AvgIpc) is 2.60. The van der Waals surface area contributed by atoms with Crippen LogP contribution in [0.5, 0.6) is 0 Å². The number of fused-ring (bicyclic) bond motifs is 1. The monoisotopic (exact) mass is 241 g/mol. The molecule has 0 aliphatic heterocycles. The van der Waals surface area contributed by atoms with E-state index in [0.717, 1.165) is 18.5 Å². The zero-order valence-corrected chi connectivity index (χ0v) is 9.71. The maximum Gasteiger partial charge on any atom is 0.232 e. The second-order valence-electron chi connectivity index (χ2n) is 3.43. The van der Waals surface area contributed by atoms with Gasteiger partial charge >= 0.3 is 0 Å². The number of anilines is 1. The first-order valence-corrected chi connectivity index (χ1v) is 5.94. The second-order valence-corrected chi connectivity index (χ2v) is 5.04.